The van der Waals surface area contributed by atoms with E-state index in [9.17, 15) is 4.79 Å². The van der Waals surface area contributed by atoms with Crippen molar-refractivity contribution in [3.8, 4) is 5.75 Å². The van der Waals surface area contributed by atoms with Gasteiger partial charge in [-0.15, -0.1) is 0 Å². The lowest BCUT2D eigenvalue weighted by Crippen LogP contribution is -2.07. The Kier molecular flexibility index (Phi) is 6.63. The van der Waals surface area contributed by atoms with Crippen molar-refractivity contribution in [1.82, 2.24) is 4.98 Å². The molecule has 5 heteroatoms. The Morgan fingerprint density at radius 1 is 1.19 bits per heavy atom. The van der Waals surface area contributed by atoms with E-state index in [2.05, 4.69) is 4.98 Å². The number of ether oxygens (including phenoxy) is 1. The Hall–Kier alpha value is -1.46. The van der Waals surface area contributed by atoms with Crippen LogP contribution in [0.4, 0.5) is 0 Å². The lowest BCUT2D eigenvalue weighted by atomic mass is 10.2. The highest BCUT2D eigenvalue weighted by Gasteiger charge is 2.05. The Bertz CT molecular complexity index is 558. The molecule has 0 unspecified atom stereocenters. The van der Waals surface area contributed by atoms with Crippen molar-refractivity contribution < 1.29 is 9.53 Å². The predicted molar refractivity (Wildman–Crippen MR) is 88.6 cm³/mol. The molecule has 0 fully saturated rings. The normalized spacial score (nSPS) is 10.3. The van der Waals surface area contributed by atoms with Gasteiger partial charge in [-0.1, -0.05) is 34.6 Å². The lowest BCUT2D eigenvalue weighted by molar-refractivity contribution is -0.134. The maximum Gasteiger partial charge on any atom is 0.311 e. The van der Waals surface area contributed by atoms with Gasteiger partial charge in [-0.25, -0.2) is 4.98 Å². The number of rotatable bonds is 7. The van der Waals surface area contributed by atoms with Gasteiger partial charge in [0.1, 0.15) is 10.8 Å². The molecule has 110 valence electrons. The second-order valence-corrected chi connectivity index (χ2v) is 6.90. The number of benzene rings is 1. The molecule has 3 nitrogen and oxygen atoms in total. The van der Waals surface area contributed by atoms with Crippen LogP contribution in [0.5, 0.6) is 5.75 Å². The summed E-state index contributed by atoms with van der Waals surface area (Å²) < 4.78 is 5.27. The van der Waals surface area contributed by atoms with E-state index >= 15 is 0 Å². The van der Waals surface area contributed by atoms with Crippen LogP contribution in [-0.4, -0.2) is 16.7 Å². The van der Waals surface area contributed by atoms with Crippen LogP contribution in [-0.2, 0) is 4.79 Å². The highest BCUT2D eigenvalue weighted by Crippen LogP contribution is 2.29. The van der Waals surface area contributed by atoms with E-state index in [1.165, 1.54) is 0 Å². The van der Waals surface area contributed by atoms with E-state index in [0.29, 0.717) is 12.2 Å². The van der Waals surface area contributed by atoms with Gasteiger partial charge in [-0.05, 0) is 48.4 Å². The van der Waals surface area contributed by atoms with Gasteiger partial charge in [0.05, 0.1) is 0 Å². The topological polar surface area (TPSA) is 39.2 Å². The summed E-state index contributed by atoms with van der Waals surface area (Å²) in [7, 11) is 3.33. The predicted octanol–water partition coefficient (Wildman–Crippen LogP) is 4.52. The van der Waals surface area contributed by atoms with Crippen molar-refractivity contribution in [2.75, 3.05) is 5.75 Å². The number of nitrogens with zero attached hydrogens (tertiary/aromatic N) is 1. The van der Waals surface area contributed by atoms with Gasteiger partial charge in [0, 0.05) is 18.4 Å². The minimum atomic E-state index is -0.178. The molecule has 0 radical (unpaired) electrons. The highest BCUT2D eigenvalue weighted by atomic mass is 33.1. The van der Waals surface area contributed by atoms with E-state index < -0.39 is 0 Å². The first-order chi connectivity index (χ1) is 10.2. The minimum Gasteiger partial charge on any atom is -0.427 e. The van der Waals surface area contributed by atoms with Crippen LogP contribution in [0.25, 0.3) is 0 Å². The number of hydrogen-bond donors (Lipinski definition) is 0. The van der Waals surface area contributed by atoms with Gasteiger partial charge < -0.3 is 4.74 Å². The summed E-state index contributed by atoms with van der Waals surface area (Å²) in [6.07, 6.45) is 3.01. The number of carbonyl (C=O) groups is 1. The zero-order valence-electron chi connectivity index (χ0n) is 11.8. The Labute approximate surface area is 132 Å². The number of hydrogen-bond acceptors (Lipinski definition) is 5. The zero-order valence-corrected chi connectivity index (χ0v) is 13.5. The molecule has 2 aromatic rings. The van der Waals surface area contributed by atoms with Gasteiger partial charge in [0.25, 0.3) is 0 Å². The molecule has 0 bridgehead atoms. The van der Waals surface area contributed by atoms with Gasteiger partial charge in [0.2, 0.25) is 0 Å². The maximum absolute atomic E-state index is 11.7. The largest absolute Gasteiger partial charge is 0.427 e. The summed E-state index contributed by atoms with van der Waals surface area (Å²) in [5, 5.41) is 0.990. The van der Waals surface area contributed by atoms with Crippen LogP contribution in [0.3, 0.4) is 0 Å². The van der Waals surface area contributed by atoms with Gasteiger partial charge in [-0.2, -0.15) is 0 Å². The SMILES string of the molecule is Cc1ccc(OC(=O)CCCSSc2ccccn2)cc1. The van der Waals surface area contributed by atoms with Crippen molar-refractivity contribution >= 4 is 27.6 Å². The van der Waals surface area contributed by atoms with Crippen molar-refractivity contribution in [3.05, 3.63) is 54.2 Å². The molecule has 0 amide bonds. The smallest absolute Gasteiger partial charge is 0.311 e. The third kappa shape index (κ3) is 6.23. The standard InChI is InChI=1S/C16H17NO2S2/c1-13-7-9-14(10-8-13)19-16(18)6-4-12-20-21-15-5-2-3-11-17-15/h2-3,5,7-11H,4,6,12H2,1H3. The Morgan fingerprint density at radius 2 is 2.00 bits per heavy atom. The number of pyridine rings is 1. The average Bonchev–Trinajstić information content (AvgIpc) is 2.50. The summed E-state index contributed by atoms with van der Waals surface area (Å²) in [5.74, 6) is 1.33. The first-order valence-electron chi connectivity index (χ1n) is 6.72. The Balaban J connectivity index is 1.60. The first kappa shape index (κ1) is 15.9. The third-order valence-corrected chi connectivity index (χ3v) is 4.99. The van der Waals surface area contributed by atoms with E-state index in [1.807, 2.05) is 49.4 Å². The molecule has 1 heterocycles. The fourth-order valence-electron chi connectivity index (χ4n) is 1.56. The molecule has 1 aromatic heterocycles. The van der Waals surface area contributed by atoms with Crippen LogP contribution in [0.2, 0.25) is 0 Å². The zero-order chi connectivity index (χ0) is 14.9. The van der Waals surface area contributed by atoms with Crippen molar-refractivity contribution in [3.63, 3.8) is 0 Å². The molecule has 0 aliphatic heterocycles. The highest BCUT2D eigenvalue weighted by molar-refractivity contribution is 8.76. The molecule has 21 heavy (non-hydrogen) atoms. The van der Waals surface area contributed by atoms with Crippen LogP contribution in [0, 0.1) is 6.92 Å². The summed E-state index contributed by atoms with van der Waals surface area (Å²) in [6.45, 7) is 2.00. The fraction of sp³-hybridized carbons (Fsp3) is 0.250. The summed E-state index contributed by atoms with van der Waals surface area (Å²) in [5.41, 5.74) is 1.15. The fourth-order valence-corrected chi connectivity index (χ4v) is 3.53. The number of carbonyl (C=O) groups excluding carboxylic acids is 1. The van der Waals surface area contributed by atoms with E-state index in [0.717, 1.165) is 22.8 Å². The number of esters is 1. The molecule has 0 aliphatic rings. The first-order valence-corrected chi connectivity index (χ1v) is 9.04. The summed E-state index contributed by atoms with van der Waals surface area (Å²) in [6, 6.07) is 13.3. The second-order valence-electron chi connectivity index (χ2n) is 4.46. The van der Waals surface area contributed by atoms with Crippen LogP contribution in [0.1, 0.15) is 18.4 Å². The van der Waals surface area contributed by atoms with E-state index in [1.54, 1.807) is 27.8 Å². The van der Waals surface area contributed by atoms with Crippen molar-refractivity contribution in [2.24, 2.45) is 0 Å². The summed E-state index contributed by atoms with van der Waals surface area (Å²) >= 11 is 0. The number of aromatic nitrogens is 1. The van der Waals surface area contributed by atoms with Crippen molar-refractivity contribution in [1.29, 1.82) is 0 Å². The van der Waals surface area contributed by atoms with E-state index in [4.69, 9.17) is 4.74 Å². The molecule has 0 N–H and O–H groups in total. The molecule has 0 spiro atoms. The quantitative estimate of drug-likeness (QED) is 0.325. The van der Waals surface area contributed by atoms with Gasteiger partial charge in [-0.3, -0.25) is 4.79 Å². The number of aryl methyl sites for hydroxylation is 1. The molecule has 0 aliphatic carbocycles. The van der Waals surface area contributed by atoms with Crippen LogP contribution >= 0.6 is 21.6 Å². The molecule has 2 rings (SSSR count). The van der Waals surface area contributed by atoms with Crippen LogP contribution in [0.15, 0.2) is 53.7 Å². The van der Waals surface area contributed by atoms with Crippen molar-refractivity contribution in [2.45, 2.75) is 24.8 Å². The Morgan fingerprint density at radius 3 is 2.71 bits per heavy atom. The lowest BCUT2D eigenvalue weighted by Gasteiger charge is -2.04. The molecular weight excluding hydrogens is 302 g/mol. The van der Waals surface area contributed by atoms with Gasteiger partial charge in [0.15, 0.2) is 0 Å². The molecule has 0 atom stereocenters. The second kappa shape index (κ2) is 8.74. The monoisotopic (exact) mass is 319 g/mol. The van der Waals surface area contributed by atoms with Crippen LogP contribution < -0.4 is 4.74 Å². The maximum atomic E-state index is 11.7. The molecular formula is C16H17NO2S2. The molecule has 0 saturated carbocycles. The average molecular weight is 319 g/mol. The third-order valence-electron chi connectivity index (χ3n) is 2.64. The molecule has 1 aromatic carbocycles. The van der Waals surface area contributed by atoms with E-state index in [-0.39, 0.29) is 5.97 Å². The molecule has 0 saturated heterocycles. The van der Waals surface area contributed by atoms with Gasteiger partial charge >= 0.3 is 5.97 Å². The minimum absolute atomic E-state index is 0.178. The summed E-state index contributed by atoms with van der Waals surface area (Å²) in [4.78, 5) is 15.9.